The molecule has 5 nitrogen and oxygen atoms in total. The van der Waals surface area contributed by atoms with E-state index in [2.05, 4.69) is 15.3 Å². The number of nitrogens with two attached hydrogens (primary N) is 1. The van der Waals surface area contributed by atoms with Crippen LogP contribution < -0.4 is 11.1 Å². The van der Waals surface area contributed by atoms with Gasteiger partial charge in [0.15, 0.2) is 0 Å². The van der Waals surface area contributed by atoms with Gasteiger partial charge in [-0.3, -0.25) is 0 Å². The fourth-order valence-electron chi connectivity index (χ4n) is 1.86. The largest absolute Gasteiger partial charge is 0.381 e. The first-order valence-electron chi connectivity index (χ1n) is 5.17. The van der Waals surface area contributed by atoms with Crippen LogP contribution in [0.2, 0.25) is 0 Å². The number of aromatic nitrogens is 2. The maximum absolute atomic E-state index is 5.67. The van der Waals surface area contributed by atoms with Crippen LogP contribution in [-0.2, 0) is 24.1 Å². The highest BCUT2D eigenvalue weighted by Gasteiger charge is 2.15. The van der Waals surface area contributed by atoms with Gasteiger partial charge in [-0.25, -0.2) is 9.97 Å². The molecule has 15 heavy (non-hydrogen) atoms. The molecular weight excluding hydrogens is 192 g/mol. The molecule has 0 spiro atoms. The lowest BCUT2D eigenvalue weighted by atomic mass is 10.1. The van der Waals surface area contributed by atoms with E-state index in [1.807, 2.05) is 7.05 Å². The van der Waals surface area contributed by atoms with Gasteiger partial charge in [0.25, 0.3) is 0 Å². The van der Waals surface area contributed by atoms with E-state index in [0.717, 1.165) is 44.0 Å². The van der Waals surface area contributed by atoms with Gasteiger partial charge in [0.2, 0.25) is 5.95 Å². The lowest BCUT2D eigenvalue weighted by Crippen LogP contribution is -2.15. The molecule has 0 bridgehead atoms. The van der Waals surface area contributed by atoms with Crippen LogP contribution in [0, 0.1) is 0 Å². The second kappa shape index (κ2) is 4.55. The summed E-state index contributed by atoms with van der Waals surface area (Å²) in [6.07, 6.45) is 1.71. The van der Waals surface area contributed by atoms with E-state index in [-0.39, 0.29) is 0 Å². The number of anilines is 1. The lowest BCUT2D eigenvalue weighted by Gasteiger charge is -2.10. The number of hydrogen-bond donors (Lipinski definition) is 2. The van der Waals surface area contributed by atoms with E-state index in [1.54, 1.807) is 0 Å². The number of ether oxygens (including phenoxy) is 1. The molecule has 1 aliphatic rings. The first-order chi connectivity index (χ1) is 7.31. The SMILES string of the molecule is CNCc1nc(N)nc2c1CCOCC2. The molecular formula is C10H16N4O. The molecule has 1 aromatic rings. The molecule has 3 N–H and O–H groups in total. The number of hydrogen-bond acceptors (Lipinski definition) is 5. The van der Waals surface area contributed by atoms with Gasteiger partial charge < -0.3 is 15.8 Å². The fraction of sp³-hybridized carbons (Fsp3) is 0.600. The Balaban J connectivity index is 2.40. The standard InChI is InChI=1S/C10H16N4O/c1-12-6-9-7-2-4-15-5-3-8(7)13-10(11)14-9/h12H,2-6H2,1H3,(H2,11,13,14). The molecule has 1 aliphatic heterocycles. The highest BCUT2D eigenvalue weighted by Crippen LogP contribution is 2.17. The normalized spacial score (nSPS) is 15.8. The Bertz CT molecular complexity index is 354. The van der Waals surface area contributed by atoms with Crippen molar-refractivity contribution in [1.82, 2.24) is 15.3 Å². The van der Waals surface area contributed by atoms with Crippen LogP contribution in [0.15, 0.2) is 0 Å². The third-order valence-corrected chi connectivity index (χ3v) is 2.52. The highest BCUT2D eigenvalue weighted by atomic mass is 16.5. The zero-order chi connectivity index (χ0) is 10.7. The van der Waals surface area contributed by atoms with Gasteiger partial charge in [0.1, 0.15) is 0 Å². The minimum Gasteiger partial charge on any atom is -0.381 e. The number of rotatable bonds is 2. The summed E-state index contributed by atoms with van der Waals surface area (Å²) in [6.45, 7) is 2.20. The number of nitrogens with one attached hydrogen (secondary N) is 1. The zero-order valence-electron chi connectivity index (χ0n) is 8.92. The molecule has 2 rings (SSSR count). The second-order valence-electron chi connectivity index (χ2n) is 3.60. The maximum atomic E-state index is 5.67. The molecule has 1 aromatic heterocycles. The Morgan fingerprint density at radius 3 is 2.93 bits per heavy atom. The number of nitrogen functional groups attached to an aromatic ring is 1. The molecule has 0 aliphatic carbocycles. The van der Waals surface area contributed by atoms with E-state index < -0.39 is 0 Å². The van der Waals surface area contributed by atoms with Gasteiger partial charge in [-0.1, -0.05) is 0 Å². The quantitative estimate of drug-likeness (QED) is 0.709. The van der Waals surface area contributed by atoms with Crippen molar-refractivity contribution in [2.24, 2.45) is 0 Å². The Kier molecular flexibility index (Phi) is 3.13. The third kappa shape index (κ3) is 2.24. The van der Waals surface area contributed by atoms with Crippen molar-refractivity contribution in [2.75, 3.05) is 26.0 Å². The summed E-state index contributed by atoms with van der Waals surface area (Å²) in [5.41, 5.74) is 8.93. The summed E-state index contributed by atoms with van der Waals surface area (Å²) >= 11 is 0. The van der Waals surface area contributed by atoms with Crippen molar-refractivity contribution in [2.45, 2.75) is 19.4 Å². The van der Waals surface area contributed by atoms with Crippen LogP contribution in [0.5, 0.6) is 0 Å². The fourth-order valence-corrected chi connectivity index (χ4v) is 1.86. The molecule has 0 saturated carbocycles. The van der Waals surface area contributed by atoms with E-state index in [0.29, 0.717) is 5.95 Å². The van der Waals surface area contributed by atoms with Crippen molar-refractivity contribution in [3.8, 4) is 0 Å². The summed E-state index contributed by atoms with van der Waals surface area (Å²) < 4.78 is 5.42. The summed E-state index contributed by atoms with van der Waals surface area (Å²) in [7, 11) is 1.90. The van der Waals surface area contributed by atoms with Crippen molar-refractivity contribution in [3.63, 3.8) is 0 Å². The molecule has 2 heterocycles. The predicted octanol–water partition coefficient (Wildman–Crippen LogP) is -0.107. The molecule has 82 valence electrons. The third-order valence-electron chi connectivity index (χ3n) is 2.52. The van der Waals surface area contributed by atoms with Crippen LogP contribution in [0.3, 0.4) is 0 Å². The van der Waals surface area contributed by atoms with Crippen LogP contribution in [-0.4, -0.2) is 30.2 Å². The molecule has 5 heteroatoms. The van der Waals surface area contributed by atoms with E-state index in [9.17, 15) is 0 Å². The van der Waals surface area contributed by atoms with Gasteiger partial charge in [0.05, 0.1) is 24.6 Å². The highest BCUT2D eigenvalue weighted by molar-refractivity contribution is 5.33. The average molecular weight is 208 g/mol. The average Bonchev–Trinajstić information content (AvgIpc) is 2.43. The predicted molar refractivity (Wildman–Crippen MR) is 57.4 cm³/mol. The number of nitrogens with zero attached hydrogens (tertiary/aromatic N) is 2. The zero-order valence-corrected chi connectivity index (χ0v) is 8.92. The van der Waals surface area contributed by atoms with E-state index >= 15 is 0 Å². The van der Waals surface area contributed by atoms with Gasteiger partial charge >= 0.3 is 0 Å². The molecule has 0 fully saturated rings. The Labute approximate surface area is 89.1 Å². The van der Waals surface area contributed by atoms with Crippen molar-refractivity contribution in [1.29, 1.82) is 0 Å². The van der Waals surface area contributed by atoms with Crippen LogP contribution in [0.25, 0.3) is 0 Å². The lowest BCUT2D eigenvalue weighted by molar-refractivity contribution is 0.146. The van der Waals surface area contributed by atoms with Crippen molar-refractivity contribution >= 4 is 5.95 Å². The molecule has 0 saturated heterocycles. The van der Waals surface area contributed by atoms with Crippen LogP contribution >= 0.6 is 0 Å². The van der Waals surface area contributed by atoms with Gasteiger partial charge in [-0.05, 0) is 19.0 Å². The maximum Gasteiger partial charge on any atom is 0.220 e. The molecule has 0 amide bonds. The topological polar surface area (TPSA) is 73.1 Å². The van der Waals surface area contributed by atoms with Crippen LogP contribution in [0.1, 0.15) is 17.0 Å². The van der Waals surface area contributed by atoms with E-state index in [1.165, 1.54) is 5.56 Å². The van der Waals surface area contributed by atoms with Crippen molar-refractivity contribution in [3.05, 3.63) is 17.0 Å². The smallest absolute Gasteiger partial charge is 0.220 e. The van der Waals surface area contributed by atoms with Gasteiger partial charge in [-0.2, -0.15) is 0 Å². The Hall–Kier alpha value is -1.20. The summed E-state index contributed by atoms with van der Waals surface area (Å²) in [6, 6.07) is 0. The summed E-state index contributed by atoms with van der Waals surface area (Å²) in [5, 5.41) is 3.10. The monoisotopic (exact) mass is 208 g/mol. The molecule has 0 radical (unpaired) electrons. The molecule has 0 unspecified atom stereocenters. The van der Waals surface area contributed by atoms with E-state index in [4.69, 9.17) is 10.5 Å². The Morgan fingerprint density at radius 1 is 1.33 bits per heavy atom. The first kappa shape index (κ1) is 10.3. The van der Waals surface area contributed by atoms with Crippen molar-refractivity contribution < 1.29 is 4.74 Å². The minimum atomic E-state index is 0.362. The Morgan fingerprint density at radius 2 is 2.13 bits per heavy atom. The minimum absolute atomic E-state index is 0.362. The summed E-state index contributed by atoms with van der Waals surface area (Å²) in [5.74, 6) is 0.362. The van der Waals surface area contributed by atoms with Gasteiger partial charge in [0, 0.05) is 13.0 Å². The number of fused-ring (bicyclic) bond motifs is 1. The van der Waals surface area contributed by atoms with Gasteiger partial charge in [-0.15, -0.1) is 0 Å². The van der Waals surface area contributed by atoms with Crippen LogP contribution in [0.4, 0.5) is 5.95 Å². The first-order valence-corrected chi connectivity index (χ1v) is 5.17. The second-order valence-corrected chi connectivity index (χ2v) is 3.60. The molecule has 0 aromatic carbocycles. The molecule has 0 atom stereocenters. The summed E-state index contributed by atoms with van der Waals surface area (Å²) in [4.78, 5) is 8.54.